The summed E-state index contributed by atoms with van der Waals surface area (Å²) in [6.45, 7) is 2.53. The Morgan fingerprint density at radius 1 is 0.720 bits per heavy atom. The minimum Gasteiger partial charge on any atom is -0.478 e. The van der Waals surface area contributed by atoms with Crippen LogP contribution in [0.4, 0.5) is 0 Å². The zero-order chi connectivity index (χ0) is 18.9. The van der Waals surface area contributed by atoms with Crippen molar-refractivity contribution in [1.82, 2.24) is 0 Å². The molecule has 0 bridgehead atoms. The highest BCUT2D eigenvalue weighted by molar-refractivity contribution is 5.87. The number of aliphatic hydroxyl groups is 1. The van der Waals surface area contributed by atoms with Crippen molar-refractivity contribution in [3.8, 4) is 0 Å². The minimum absolute atomic E-state index is 0.331. The van der Waals surface area contributed by atoms with E-state index in [-0.39, 0.29) is 0 Å². The smallest absolute Gasteiger partial charge is 0.335 e. The van der Waals surface area contributed by atoms with Crippen molar-refractivity contribution in [1.29, 1.82) is 0 Å². The average Bonchev–Trinajstić information content (AvgIpc) is 2.65. The van der Waals surface area contributed by atoms with E-state index in [4.69, 9.17) is 15.3 Å². The van der Waals surface area contributed by atoms with Gasteiger partial charge in [-0.3, -0.25) is 0 Å². The molecule has 0 saturated heterocycles. The largest absolute Gasteiger partial charge is 0.478 e. The molecule has 0 aliphatic heterocycles. The van der Waals surface area contributed by atoms with Gasteiger partial charge in [-0.25, -0.2) is 9.59 Å². The summed E-state index contributed by atoms with van der Waals surface area (Å²) in [6, 6.07) is 16.6. The van der Waals surface area contributed by atoms with Gasteiger partial charge in [0.15, 0.2) is 0 Å². The number of benzene rings is 2. The highest BCUT2D eigenvalue weighted by atomic mass is 16.4. The Hall–Kier alpha value is -2.66. The molecule has 5 heteroatoms. The van der Waals surface area contributed by atoms with Crippen molar-refractivity contribution in [2.24, 2.45) is 0 Å². The third kappa shape index (κ3) is 12.4. The minimum atomic E-state index is -0.879. The van der Waals surface area contributed by atoms with Gasteiger partial charge in [-0.1, -0.05) is 62.6 Å². The fraction of sp³-hybridized carbons (Fsp3) is 0.300. The summed E-state index contributed by atoms with van der Waals surface area (Å²) in [6.07, 6.45) is 4.68. The summed E-state index contributed by atoms with van der Waals surface area (Å²) in [5, 5.41) is 25.1. The lowest BCUT2D eigenvalue weighted by molar-refractivity contribution is 0.0686. The van der Waals surface area contributed by atoms with Crippen molar-refractivity contribution in [2.45, 2.75) is 32.6 Å². The van der Waals surface area contributed by atoms with Crippen LogP contribution in [0.25, 0.3) is 0 Å². The summed E-state index contributed by atoms with van der Waals surface area (Å²) in [4.78, 5) is 20.4. The molecule has 0 unspecified atom stereocenters. The van der Waals surface area contributed by atoms with E-state index < -0.39 is 11.9 Å². The highest BCUT2D eigenvalue weighted by Gasteiger charge is 1.97. The monoisotopic (exact) mass is 346 g/mol. The van der Waals surface area contributed by atoms with Crippen LogP contribution in [0.5, 0.6) is 0 Å². The highest BCUT2D eigenvalue weighted by Crippen LogP contribution is 1.97. The molecule has 3 N–H and O–H groups in total. The van der Waals surface area contributed by atoms with E-state index in [1.165, 1.54) is 19.3 Å². The summed E-state index contributed by atoms with van der Waals surface area (Å²) < 4.78 is 0. The topological polar surface area (TPSA) is 94.8 Å². The number of rotatable bonds is 6. The molecule has 136 valence electrons. The van der Waals surface area contributed by atoms with Crippen LogP contribution >= 0.6 is 0 Å². The Morgan fingerprint density at radius 3 is 1.36 bits per heavy atom. The molecule has 0 atom stereocenters. The van der Waals surface area contributed by atoms with Crippen molar-refractivity contribution in [2.75, 3.05) is 6.61 Å². The maximum Gasteiger partial charge on any atom is 0.335 e. The van der Waals surface area contributed by atoms with E-state index in [0.29, 0.717) is 17.7 Å². The van der Waals surface area contributed by atoms with Crippen LogP contribution in [0.2, 0.25) is 0 Å². The van der Waals surface area contributed by atoms with Gasteiger partial charge in [0, 0.05) is 6.61 Å². The first kappa shape index (κ1) is 22.3. The zero-order valence-corrected chi connectivity index (χ0v) is 14.5. The molecule has 0 fully saturated rings. The third-order valence-corrected chi connectivity index (χ3v) is 3.05. The fourth-order valence-corrected chi connectivity index (χ4v) is 1.70. The second kappa shape index (κ2) is 14.9. The fourth-order valence-electron chi connectivity index (χ4n) is 1.70. The molecule has 0 radical (unpaired) electrons. The first-order valence-corrected chi connectivity index (χ1v) is 8.20. The first-order valence-electron chi connectivity index (χ1n) is 8.20. The van der Waals surface area contributed by atoms with E-state index in [0.717, 1.165) is 6.42 Å². The van der Waals surface area contributed by atoms with Crippen LogP contribution in [0.3, 0.4) is 0 Å². The molecule has 25 heavy (non-hydrogen) atoms. The predicted molar refractivity (Wildman–Crippen MR) is 98.0 cm³/mol. The lowest BCUT2D eigenvalue weighted by atomic mass is 10.2. The Bertz CT molecular complexity index is 528. The molecule has 2 rings (SSSR count). The molecular weight excluding hydrogens is 320 g/mol. The van der Waals surface area contributed by atoms with Crippen molar-refractivity contribution < 1.29 is 24.9 Å². The predicted octanol–water partition coefficient (Wildman–Crippen LogP) is 4.33. The number of hydrogen-bond donors (Lipinski definition) is 3. The van der Waals surface area contributed by atoms with Crippen molar-refractivity contribution in [3.05, 3.63) is 71.8 Å². The molecule has 0 aliphatic carbocycles. The Kier molecular flexibility index (Phi) is 13.3. The summed E-state index contributed by atoms with van der Waals surface area (Å²) in [5.41, 5.74) is 0.662. The molecule has 0 aliphatic rings. The molecule has 0 saturated carbocycles. The Balaban J connectivity index is 0.000000350. The van der Waals surface area contributed by atoms with Crippen molar-refractivity contribution >= 4 is 11.9 Å². The maximum atomic E-state index is 10.2. The zero-order valence-electron chi connectivity index (χ0n) is 14.5. The van der Waals surface area contributed by atoms with E-state index in [1.807, 2.05) is 0 Å². The van der Waals surface area contributed by atoms with Gasteiger partial charge in [0.1, 0.15) is 0 Å². The number of aromatic carboxylic acids is 2. The Morgan fingerprint density at radius 2 is 1.12 bits per heavy atom. The third-order valence-electron chi connectivity index (χ3n) is 3.05. The van der Waals surface area contributed by atoms with E-state index >= 15 is 0 Å². The maximum absolute atomic E-state index is 10.2. The van der Waals surface area contributed by atoms with Gasteiger partial charge in [0.25, 0.3) is 0 Å². The Labute approximate surface area is 148 Å². The average molecular weight is 346 g/mol. The van der Waals surface area contributed by atoms with Crippen LogP contribution in [-0.4, -0.2) is 33.9 Å². The quantitative estimate of drug-likeness (QED) is 0.677. The standard InChI is InChI=1S/2C7H6O2.C6H14O/c2*8-7(9)6-4-2-1-3-5-6;1-2-3-4-5-6-7/h2*1-5H,(H,8,9);7H,2-6H2,1H3. The van der Waals surface area contributed by atoms with Crippen LogP contribution in [0.1, 0.15) is 53.3 Å². The van der Waals surface area contributed by atoms with E-state index in [1.54, 1.807) is 60.7 Å². The number of unbranched alkanes of at least 4 members (excludes halogenated alkanes) is 3. The molecule has 0 spiro atoms. The summed E-state index contributed by atoms with van der Waals surface area (Å²) in [5.74, 6) is -1.76. The summed E-state index contributed by atoms with van der Waals surface area (Å²) in [7, 11) is 0. The van der Waals surface area contributed by atoms with Gasteiger partial charge in [-0.05, 0) is 30.7 Å². The van der Waals surface area contributed by atoms with Gasteiger partial charge in [-0.15, -0.1) is 0 Å². The van der Waals surface area contributed by atoms with Gasteiger partial charge in [0.05, 0.1) is 11.1 Å². The normalized spacial score (nSPS) is 9.04. The van der Waals surface area contributed by atoms with Crippen molar-refractivity contribution in [3.63, 3.8) is 0 Å². The number of carboxylic acids is 2. The molecule has 0 amide bonds. The van der Waals surface area contributed by atoms with Crippen LogP contribution in [0, 0.1) is 0 Å². The van der Waals surface area contributed by atoms with Crippen LogP contribution in [-0.2, 0) is 0 Å². The van der Waals surface area contributed by atoms with Crippen LogP contribution in [0.15, 0.2) is 60.7 Å². The SMILES string of the molecule is CCCCCCO.O=C(O)c1ccccc1.O=C(O)c1ccccc1. The van der Waals surface area contributed by atoms with E-state index in [2.05, 4.69) is 6.92 Å². The molecule has 2 aromatic rings. The molecular formula is C20H26O5. The molecule has 0 aromatic heterocycles. The van der Waals surface area contributed by atoms with Gasteiger partial charge in [-0.2, -0.15) is 0 Å². The van der Waals surface area contributed by atoms with Gasteiger partial charge >= 0.3 is 11.9 Å². The number of hydrogen-bond acceptors (Lipinski definition) is 3. The summed E-state index contributed by atoms with van der Waals surface area (Å²) >= 11 is 0. The molecule has 5 nitrogen and oxygen atoms in total. The second-order valence-electron chi connectivity index (χ2n) is 5.13. The van der Waals surface area contributed by atoms with Gasteiger partial charge in [0.2, 0.25) is 0 Å². The second-order valence-corrected chi connectivity index (χ2v) is 5.13. The van der Waals surface area contributed by atoms with E-state index in [9.17, 15) is 9.59 Å². The molecule has 2 aromatic carbocycles. The molecule has 0 heterocycles. The number of carboxylic acid groups (broad SMARTS) is 2. The number of carbonyl (C=O) groups is 2. The first-order chi connectivity index (χ1) is 12.0. The van der Waals surface area contributed by atoms with Crippen LogP contribution < -0.4 is 0 Å². The number of aliphatic hydroxyl groups excluding tert-OH is 1. The van der Waals surface area contributed by atoms with Gasteiger partial charge < -0.3 is 15.3 Å². The lowest BCUT2D eigenvalue weighted by Crippen LogP contribution is -1.93. The lowest BCUT2D eigenvalue weighted by Gasteiger charge is -1.90.